The zero-order valence-electron chi connectivity index (χ0n) is 13.0. The minimum Gasteiger partial charge on any atom is -0.478 e. The fourth-order valence-electron chi connectivity index (χ4n) is 4.11. The van der Waals surface area contributed by atoms with Crippen LogP contribution >= 0.6 is 15.9 Å². The molecule has 2 aliphatic rings. The van der Waals surface area contributed by atoms with E-state index < -0.39 is 11.6 Å². The van der Waals surface area contributed by atoms with Crippen LogP contribution in [-0.4, -0.2) is 27.7 Å². The van der Waals surface area contributed by atoms with Gasteiger partial charge in [0.15, 0.2) is 5.70 Å². The van der Waals surface area contributed by atoms with Crippen LogP contribution in [0.4, 0.5) is 5.69 Å². The highest BCUT2D eigenvalue weighted by molar-refractivity contribution is 9.10. The van der Waals surface area contributed by atoms with Crippen molar-refractivity contribution in [3.8, 4) is 0 Å². The number of aromatic nitrogens is 1. The number of hydrogen-bond donors (Lipinski definition) is 4. The molecule has 4 N–H and O–H groups in total. The lowest BCUT2D eigenvalue weighted by Crippen LogP contribution is -3.06. The van der Waals surface area contributed by atoms with E-state index in [2.05, 4.69) is 27.0 Å². The van der Waals surface area contributed by atoms with Crippen molar-refractivity contribution in [2.24, 2.45) is 0 Å². The first-order valence-corrected chi connectivity index (χ1v) is 8.75. The van der Waals surface area contributed by atoms with Crippen LogP contribution in [0.15, 0.2) is 46.9 Å². The molecule has 6 heteroatoms. The highest BCUT2D eigenvalue weighted by atomic mass is 79.9. The quantitative estimate of drug-likeness (QED) is 0.478. The SMILES string of the molecule is O=C(O)[C@@]1(O)C2=c3[nH]c4ccccc4c3=CC[NH+]2c2cc(Br)ccc21. The van der Waals surface area contributed by atoms with Crippen molar-refractivity contribution in [1.82, 2.24) is 4.98 Å². The van der Waals surface area contributed by atoms with Crippen LogP contribution in [0.5, 0.6) is 0 Å². The molecule has 0 radical (unpaired) electrons. The number of quaternary nitrogens is 1. The van der Waals surface area contributed by atoms with E-state index in [1.54, 1.807) is 12.1 Å². The third kappa shape index (κ3) is 1.76. The summed E-state index contributed by atoms with van der Waals surface area (Å²) >= 11 is 3.45. The van der Waals surface area contributed by atoms with Crippen molar-refractivity contribution in [3.63, 3.8) is 0 Å². The number of rotatable bonds is 1. The molecule has 1 unspecified atom stereocenters. The zero-order chi connectivity index (χ0) is 17.3. The van der Waals surface area contributed by atoms with Crippen LogP contribution < -0.4 is 15.5 Å². The standard InChI is InChI=1S/C19H13BrN2O3/c20-10-5-6-13-15(9-10)22-8-7-12-11-3-1-2-4-14(11)21-16(12)17(22)19(13,25)18(23)24/h1-7,9,21,25H,8H2,(H,23,24)/p+1/t19-/m0/s1. The van der Waals surface area contributed by atoms with Gasteiger partial charge in [-0.1, -0.05) is 34.1 Å². The van der Waals surface area contributed by atoms with Crippen molar-refractivity contribution in [2.45, 2.75) is 5.60 Å². The number of carboxylic acid groups (broad SMARTS) is 1. The highest BCUT2D eigenvalue weighted by Gasteiger charge is 2.58. The molecule has 5 nitrogen and oxygen atoms in total. The van der Waals surface area contributed by atoms with Crippen molar-refractivity contribution in [2.75, 3.05) is 6.54 Å². The number of carboxylic acids is 1. The van der Waals surface area contributed by atoms with Gasteiger partial charge in [0.05, 0.1) is 5.56 Å². The topological polar surface area (TPSA) is 77.8 Å². The molecule has 124 valence electrons. The second-order valence-electron chi connectivity index (χ2n) is 6.43. The van der Waals surface area contributed by atoms with Gasteiger partial charge in [0.25, 0.3) is 5.60 Å². The monoisotopic (exact) mass is 397 g/mol. The molecule has 2 aromatic carbocycles. The second-order valence-corrected chi connectivity index (χ2v) is 7.34. The maximum Gasteiger partial charge on any atom is 0.351 e. The van der Waals surface area contributed by atoms with E-state index in [0.29, 0.717) is 23.2 Å². The van der Waals surface area contributed by atoms with Gasteiger partial charge in [-0.2, -0.15) is 0 Å². The summed E-state index contributed by atoms with van der Waals surface area (Å²) in [5.74, 6) is -1.26. The minimum atomic E-state index is -2.05. The van der Waals surface area contributed by atoms with Gasteiger partial charge in [0.1, 0.15) is 17.6 Å². The Balaban J connectivity index is 1.98. The van der Waals surface area contributed by atoms with Crippen LogP contribution in [-0.2, 0) is 10.4 Å². The third-order valence-electron chi connectivity index (χ3n) is 5.18. The Bertz CT molecular complexity index is 1200. The molecule has 0 bridgehead atoms. The number of halogens is 1. The summed E-state index contributed by atoms with van der Waals surface area (Å²) in [7, 11) is 0. The van der Waals surface area contributed by atoms with E-state index in [4.69, 9.17) is 0 Å². The second kappa shape index (κ2) is 4.82. The van der Waals surface area contributed by atoms with E-state index in [1.165, 1.54) is 0 Å². The van der Waals surface area contributed by atoms with Crippen molar-refractivity contribution in [3.05, 3.63) is 63.1 Å². The predicted octanol–water partition coefficient (Wildman–Crippen LogP) is 0.335. The normalized spacial score (nSPS) is 23.8. The van der Waals surface area contributed by atoms with Crippen LogP contribution in [0.3, 0.4) is 0 Å². The number of hydrogen-bond acceptors (Lipinski definition) is 2. The maximum atomic E-state index is 12.1. The summed E-state index contributed by atoms with van der Waals surface area (Å²) in [6.45, 7) is 0.587. The molecule has 3 heterocycles. The molecule has 0 aliphatic carbocycles. The Kier molecular flexibility index (Phi) is 2.87. The summed E-state index contributed by atoms with van der Waals surface area (Å²) in [5, 5.41) is 23.9. The van der Waals surface area contributed by atoms with Gasteiger partial charge in [-0.05, 0) is 24.3 Å². The summed E-state index contributed by atoms with van der Waals surface area (Å²) in [6, 6.07) is 13.2. The molecule has 2 aliphatic heterocycles. The predicted molar refractivity (Wildman–Crippen MR) is 96.6 cm³/mol. The van der Waals surface area contributed by atoms with Crippen LogP contribution in [0.2, 0.25) is 0 Å². The van der Waals surface area contributed by atoms with Gasteiger partial charge in [0.2, 0.25) is 0 Å². The Labute approximate surface area is 150 Å². The van der Waals surface area contributed by atoms with Crippen molar-refractivity contribution < 1.29 is 19.9 Å². The minimum absolute atomic E-state index is 0.424. The number of aromatic amines is 1. The third-order valence-corrected chi connectivity index (χ3v) is 5.67. The van der Waals surface area contributed by atoms with Gasteiger partial charge in [0, 0.05) is 26.7 Å². The molecule has 0 fully saturated rings. The summed E-state index contributed by atoms with van der Waals surface area (Å²) in [4.78, 5) is 16.3. The maximum absolute atomic E-state index is 12.1. The van der Waals surface area contributed by atoms with E-state index >= 15 is 0 Å². The van der Waals surface area contributed by atoms with Crippen molar-refractivity contribution in [1.29, 1.82) is 0 Å². The summed E-state index contributed by atoms with van der Waals surface area (Å²) < 4.78 is 0.857. The van der Waals surface area contributed by atoms with Gasteiger partial charge < -0.3 is 15.2 Å². The lowest BCUT2D eigenvalue weighted by molar-refractivity contribution is -0.744. The molecular formula is C19H14BrN2O3+. The van der Waals surface area contributed by atoms with Crippen LogP contribution in [0.1, 0.15) is 5.56 Å². The number of nitrogens with one attached hydrogen (secondary N) is 2. The molecular weight excluding hydrogens is 384 g/mol. The number of fused-ring (bicyclic) bond motifs is 6. The first-order chi connectivity index (χ1) is 12.0. The molecule has 2 atom stereocenters. The average molecular weight is 398 g/mol. The largest absolute Gasteiger partial charge is 0.478 e. The molecule has 0 saturated heterocycles. The van der Waals surface area contributed by atoms with Gasteiger partial charge in [-0.3, -0.25) is 4.90 Å². The number of carbonyl (C=O) groups is 1. The van der Waals surface area contributed by atoms with Gasteiger partial charge in [-0.25, -0.2) is 4.79 Å². The van der Waals surface area contributed by atoms with Gasteiger partial charge in [-0.15, -0.1) is 0 Å². The average Bonchev–Trinajstić information content (AvgIpc) is 3.09. The lowest BCUT2D eigenvalue weighted by Gasteiger charge is -2.21. The molecule has 25 heavy (non-hydrogen) atoms. The molecule has 5 rings (SSSR count). The lowest BCUT2D eigenvalue weighted by atomic mass is 9.92. The number of aliphatic carboxylic acids is 1. The van der Waals surface area contributed by atoms with E-state index in [9.17, 15) is 15.0 Å². The summed E-state index contributed by atoms with van der Waals surface area (Å²) in [5.41, 5.74) is 0.557. The number of para-hydroxylation sites is 1. The summed E-state index contributed by atoms with van der Waals surface area (Å²) in [6.07, 6.45) is 2.10. The van der Waals surface area contributed by atoms with E-state index in [0.717, 1.165) is 31.2 Å². The van der Waals surface area contributed by atoms with Crippen molar-refractivity contribution >= 4 is 50.3 Å². The van der Waals surface area contributed by atoms with E-state index in [-0.39, 0.29) is 0 Å². The molecule has 1 aromatic heterocycles. The first kappa shape index (κ1) is 14.9. The molecule has 0 amide bonds. The van der Waals surface area contributed by atoms with E-state index in [1.807, 2.05) is 30.3 Å². The first-order valence-electron chi connectivity index (χ1n) is 7.96. The highest BCUT2D eigenvalue weighted by Crippen LogP contribution is 2.39. The number of H-pyrrole nitrogens is 1. The van der Waals surface area contributed by atoms with Crippen LogP contribution in [0.25, 0.3) is 22.7 Å². The molecule has 0 spiro atoms. The molecule has 0 saturated carbocycles. The fraction of sp³-hybridized carbons (Fsp3) is 0.105. The smallest absolute Gasteiger partial charge is 0.351 e. The number of benzene rings is 2. The fourth-order valence-corrected chi connectivity index (χ4v) is 4.47. The zero-order valence-corrected chi connectivity index (χ0v) is 14.6. The Morgan fingerprint density at radius 1 is 1.24 bits per heavy atom. The Hall–Kier alpha value is -2.41. The Morgan fingerprint density at radius 3 is 2.84 bits per heavy atom. The molecule has 3 aromatic rings. The van der Waals surface area contributed by atoms with Gasteiger partial charge >= 0.3 is 5.97 Å². The Morgan fingerprint density at radius 2 is 2.04 bits per heavy atom. The number of aliphatic hydroxyl groups is 1. The van der Waals surface area contributed by atoms with Crippen LogP contribution in [0, 0.1) is 0 Å².